The van der Waals surface area contributed by atoms with Gasteiger partial charge in [0.1, 0.15) is 0 Å². The van der Waals surface area contributed by atoms with Crippen molar-refractivity contribution in [2.45, 2.75) is 19.8 Å². The first-order valence-corrected chi connectivity index (χ1v) is 9.97. The first kappa shape index (κ1) is 20.3. The van der Waals surface area contributed by atoms with Crippen LogP contribution in [0, 0.1) is 10.1 Å². The van der Waals surface area contributed by atoms with E-state index in [4.69, 9.17) is 23.2 Å². The molecular weight excluding hydrogens is 421 g/mol. The van der Waals surface area contributed by atoms with Crippen LogP contribution in [0.15, 0.2) is 42.5 Å². The van der Waals surface area contributed by atoms with E-state index in [1.54, 1.807) is 18.2 Å². The van der Waals surface area contributed by atoms with E-state index < -0.39 is 4.92 Å². The molecule has 0 aliphatic heterocycles. The first-order valence-electron chi connectivity index (χ1n) is 8.40. The fraction of sp³-hybridized carbons (Fsp3) is 0.158. The normalized spacial score (nSPS) is 10.7. The Kier molecular flexibility index (Phi) is 6.28. The van der Waals surface area contributed by atoms with Gasteiger partial charge in [-0.3, -0.25) is 20.2 Å². The summed E-state index contributed by atoms with van der Waals surface area (Å²) in [6.07, 6.45) is 1.70. The number of hydrogen-bond donors (Lipinski definition) is 1. The van der Waals surface area contributed by atoms with Crippen LogP contribution in [0.2, 0.25) is 10.0 Å². The van der Waals surface area contributed by atoms with Crippen molar-refractivity contribution in [2.24, 2.45) is 0 Å². The summed E-state index contributed by atoms with van der Waals surface area (Å²) in [6, 6.07) is 10.6. The Hall–Kier alpha value is -2.48. The molecule has 0 aliphatic rings. The maximum atomic E-state index is 12.5. The van der Waals surface area contributed by atoms with Crippen molar-refractivity contribution in [1.29, 1.82) is 0 Å². The number of amides is 1. The number of hydrogen-bond acceptors (Lipinski definition) is 5. The minimum absolute atomic E-state index is 0.0734. The van der Waals surface area contributed by atoms with Crippen molar-refractivity contribution in [1.82, 2.24) is 4.98 Å². The van der Waals surface area contributed by atoms with Crippen LogP contribution in [0.25, 0.3) is 11.3 Å². The molecule has 6 nitrogen and oxygen atoms in total. The summed E-state index contributed by atoms with van der Waals surface area (Å²) in [5, 5.41) is 15.0. The highest BCUT2D eigenvalue weighted by Gasteiger charge is 2.18. The lowest BCUT2D eigenvalue weighted by Crippen LogP contribution is -2.11. The van der Waals surface area contributed by atoms with Crippen molar-refractivity contribution >= 4 is 51.3 Å². The second-order valence-corrected chi connectivity index (χ2v) is 7.85. The molecule has 9 heteroatoms. The highest BCUT2D eigenvalue weighted by Crippen LogP contribution is 2.37. The van der Waals surface area contributed by atoms with Crippen LogP contribution < -0.4 is 5.32 Å². The number of carbonyl (C=O) groups excluding carboxylic acids is 1. The van der Waals surface area contributed by atoms with Crippen LogP contribution in [0.5, 0.6) is 0 Å². The fourth-order valence-corrected chi connectivity index (χ4v) is 4.17. The van der Waals surface area contributed by atoms with Crippen LogP contribution in [-0.2, 0) is 6.42 Å². The third-order valence-corrected chi connectivity index (χ3v) is 5.50. The molecule has 0 fully saturated rings. The molecule has 1 N–H and O–H groups in total. The smallest absolute Gasteiger partial charge is 0.269 e. The number of nitrogens with zero attached hydrogens (tertiary/aromatic N) is 2. The van der Waals surface area contributed by atoms with Gasteiger partial charge in [0.05, 0.1) is 15.6 Å². The number of benzene rings is 2. The second-order valence-electron chi connectivity index (χ2n) is 5.92. The third kappa shape index (κ3) is 4.49. The molecule has 2 aromatic carbocycles. The zero-order valence-corrected chi connectivity index (χ0v) is 17.1. The van der Waals surface area contributed by atoms with Crippen molar-refractivity contribution in [3.8, 4) is 11.3 Å². The van der Waals surface area contributed by atoms with Gasteiger partial charge in [0.15, 0.2) is 5.13 Å². The Morgan fingerprint density at radius 1 is 1.21 bits per heavy atom. The minimum atomic E-state index is -0.512. The zero-order chi connectivity index (χ0) is 20.3. The van der Waals surface area contributed by atoms with Crippen LogP contribution in [0.3, 0.4) is 0 Å². The van der Waals surface area contributed by atoms with Gasteiger partial charge in [-0.1, -0.05) is 36.5 Å². The van der Waals surface area contributed by atoms with E-state index in [9.17, 15) is 14.9 Å². The lowest BCUT2D eigenvalue weighted by atomic mass is 10.1. The summed E-state index contributed by atoms with van der Waals surface area (Å²) in [7, 11) is 0. The predicted octanol–water partition coefficient (Wildman–Crippen LogP) is 6.23. The fourth-order valence-electron chi connectivity index (χ4n) is 2.60. The largest absolute Gasteiger partial charge is 0.298 e. The number of halogens is 2. The van der Waals surface area contributed by atoms with Gasteiger partial charge in [-0.05, 0) is 36.8 Å². The molecule has 28 heavy (non-hydrogen) atoms. The van der Waals surface area contributed by atoms with Gasteiger partial charge in [-0.15, -0.1) is 11.3 Å². The lowest BCUT2D eigenvalue weighted by molar-refractivity contribution is -0.384. The van der Waals surface area contributed by atoms with E-state index in [1.165, 1.54) is 35.6 Å². The summed E-state index contributed by atoms with van der Waals surface area (Å²) in [6.45, 7) is 2.06. The van der Waals surface area contributed by atoms with Gasteiger partial charge in [0, 0.05) is 33.2 Å². The number of anilines is 1. The average molecular weight is 436 g/mol. The van der Waals surface area contributed by atoms with Gasteiger partial charge in [0.25, 0.3) is 11.6 Å². The Morgan fingerprint density at radius 3 is 2.54 bits per heavy atom. The molecule has 0 atom stereocenters. The van der Waals surface area contributed by atoms with Crippen molar-refractivity contribution in [3.63, 3.8) is 0 Å². The van der Waals surface area contributed by atoms with Gasteiger partial charge < -0.3 is 0 Å². The quantitative estimate of drug-likeness (QED) is 0.367. The number of nitrogens with one attached hydrogen (secondary N) is 1. The van der Waals surface area contributed by atoms with Gasteiger partial charge in [0.2, 0.25) is 0 Å². The summed E-state index contributed by atoms with van der Waals surface area (Å²) in [5.74, 6) is -0.388. The molecule has 1 aromatic heterocycles. The van der Waals surface area contributed by atoms with Gasteiger partial charge in [-0.2, -0.15) is 0 Å². The Balaban J connectivity index is 1.88. The monoisotopic (exact) mass is 435 g/mol. The molecular formula is C19H15Cl2N3O3S. The van der Waals surface area contributed by atoms with Gasteiger partial charge in [-0.25, -0.2) is 4.98 Å². The number of nitro benzene ring substituents is 1. The molecule has 0 bridgehead atoms. The summed E-state index contributed by atoms with van der Waals surface area (Å²) in [5.41, 5.74) is 1.70. The number of carbonyl (C=O) groups is 1. The lowest BCUT2D eigenvalue weighted by Gasteiger charge is -2.04. The molecule has 3 aromatic rings. The molecule has 3 rings (SSSR count). The van der Waals surface area contributed by atoms with E-state index >= 15 is 0 Å². The molecule has 0 spiro atoms. The third-order valence-electron chi connectivity index (χ3n) is 3.92. The number of thiazole rings is 1. The van der Waals surface area contributed by atoms with E-state index in [2.05, 4.69) is 17.2 Å². The standard InChI is InChI=1S/C19H15Cl2N3O3S/c1-2-3-16-17(14-9-6-12(20)10-15(14)21)22-19(28-16)23-18(25)11-4-7-13(8-5-11)24(26)27/h4-10H,2-3H2,1H3,(H,22,23,25). The molecule has 0 aliphatic carbocycles. The highest BCUT2D eigenvalue weighted by molar-refractivity contribution is 7.16. The number of aromatic nitrogens is 1. The zero-order valence-electron chi connectivity index (χ0n) is 14.7. The van der Waals surface area contributed by atoms with E-state index in [0.29, 0.717) is 26.4 Å². The van der Waals surface area contributed by atoms with Crippen LogP contribution in [-0.4, -0.2) is 15.8 Å². The molecule has 0 saturated heterocycles. The number of aryl methyl sites for hydroxylation is 1. The number of rotatable bonds is 6. The maximum Gasteiger partial charge on any atom is 0.269 e. The van der Waals surface area contributed by atoms with Crippen molar-refractivity contribution < 1.29 is 9.72 Å². The Morgan fingerprint density at radius 2 is 1.93 bits per heavy atom. The summed E-state index contributed by atoms with van der Waals surface area (Å²) < 4.78 is 0. The Labute approximate surface area is 175 Å². The summed E-state index contributed by atoms with van der Waals surface area (Å²) in [4.78, 5) is 28.2. The van der Waals surface area contributed by atoms with E-state index in [0.717, 1.165) is 23.3 Å². The molecule has 1 amide bonds. The number of nitro groups is 1. The van der Waals surface area contributed by atoms with E-state index in [1.807, 2.05) is 0 Å². The SMILES string of the molecule is CCCc1sc(NC(=O)c2ccc([N+](=O)[O-])cc2)nc1-c1ccc(Cl)cc1Cl. The molecule has 0 radical (unpaired) electrons. The van der Waals surface area contributed by atoms with Crippen LogP contribution >= 0.6 is 34.5 Å². The first-order chi connectivity index (χ1) is 13.4. The van der Waals surface area contributed by atoms with Crippen molar-refractivity contribution in [3.05, 3.63) is 73.1 Å². The van der Waals surface area contributed by atoms with Crippen molar-refractivity contribution in [2.75, 3.05) is 5.32 Å². The average Bonchev–Trinajstić information content (AvgIpc) is 3.04. The Bertz CT molecular complexity index is 1040. The highest BCUT2D eigenvalue weighted by atomic mass is 35.5. The topological polar surface area (TPSA) is 85.1 Å². The number of non-ortho nitro benzene ring substituents is 1. The predicted molar refractivity (Wildman–Crippen MR) is 113 cm³/mol. The molecule has 0 unspecified atom stereocenters. The van der Waals surface area contributed by atoms with Gasteiger partial charge >= 0.3 is 0 Å². The molecule has 144 valence electrons. The van der Waals surface area contributed by atoms with Crippen LogP contribution in [0.1, 0.15) is 28.6 Å². The van der Waals surface area contributed by atoms with E-state index in [-0.39, 0.29) is 11.6 Å². The maximum absolute atomic E-state index is 12.5. The molecule has 0 saturated carbocycles. The minimum Gasteiger partial charge on any atom is -0.298 e. The second kappa shape index (κ2) is 8.68. The molecule has 1 heterocycles. The summed E-state index contributed by atoms with van der Waals surface area (Å²) >= 11 is 13.7. The van der Waals surface area contributed by atoms with Crippen LogP contribution in [0.4, 0.5) is 10.8 Å².